The first kappa shape index (κ1) is 18.8. The van der Waals surface area contributed by atoms with Crippen LogP contribution < -0.4 is 5.48 Å². The van der Waals surface area contributed by atoms with Gasteiger partial charge in [-0.1, -0.05) is 42.5 Å². The highest BCUT2D eigenvalue weighted by Crippen LogP contribution is 2.33. The molecule has 1 amide bonds. The average molecular weight is 422 g/mol. The first-order chi connectivity index (χ1) is 14.5. The number of rotatable bonds is 3. The molecule has 4 aromatic rings. The summed E-state index contributed by atoms with van der Waals surface area (Å²) in [5.41, 5.74) is 4.58. The van der Waals surface area contributed by atoms with E-state index in [9.17, 15) is 18.4 Å². The predicted octanol–water partition coefficient (Wildman–Crippen LogP) is 3.21. The number of furan rings is 1. The number of amides is 1. The van der Waals surface area contributed by atoms with E-state index in [-0.39, 0.29) is 17.9 Å². The summed E-state index contributed by atoms with van der Waals surface area (Å²) in [6, 6.07) is 18.4. The molecule has 0 radical (unpaired) electrons. The summed E-state index contributed by atoms with van der Waals surface area (Å²) >= 11 is 0. The lowest BCUT2D eigenvalue weighted by Gasteiger charge is -2.34. The molecule has 0 spiro atoms. The molecule has 0 fully saturated rings. The first-order valence-corrected chi connectivity index (χ1v) is 10.9. The third-order valence-corrected chi connectivity index (χ3v) is 7.42. The van der Waals surface area contributed by atoms with Gasteiger partial charge in [0.25, 0.3) is 5.91 Å². The van der Waals surface area contributed by atoms with Crippen molar-refractivity contribution in [3.8, 4) is 0 Å². The molecular weight excluding hydrogens is 404 g/mol. The van der Waals surface area contributed by atoms with Gasteiger partial charge < -0.3 is 4.42 Å². The van der Waals surface area contributed by atoms with Crippen LogP contribution in [0.15, 0.2) is 76.0 Å². The minimum Gasteiger partial charge on any atom is -0.456 e. The van der Waals surface area contributed by atoms with E-state index in [1.807, 2.05) is 48.5 Å². The molecule has 2 N–H and O–H groups in total. The van der Waals surface area contributed by atoms with E-state index in [1.54, 1.807) is 17.6 Å². The second kappa shape index (κ2) is 6.94. The van der Waals surface area contributed by atoms with E-state index in [1.165, 1.54) is 6.07 Å². The van der Waals surface area contributed by atoms with Crippen molar-refractivity contribution in [2.75, 3.05) is 0 Å². The third-order valence-electron chi connectivity index (χ3n) is 5.57. The van der Waals surface area contributed by atoms with Crippen LogP contribution in [0, 0.1) is 0 Å². The minimum absolute atomic E-state index is 0.0424. The number of hydrogen-bond acceptors (Lipinski definition) is 5. The van der Waals surface area contributed by atoms with Crippen molar-refractivity contribution >= 4 is 37.9 Å². The molecule has 0 saturated carbocycles. The monoisotopic (exact) mass is 422 g/mol. The highest BCUT2D eigenvalue weighted by molar-refractivity contribution is 7.89. The van der Waals surface area contributed by atoms with Gasteiger partial charge in [-0.3, -0.25) is 10.0 Å². The summed E-state index contributed by atoms with van der Waals surface area (Å²) in [6.45, 7) is 0.0424. The zero-order chi connectivity index (χ0) is 20.9. The molecule has 3 aromatic carbocycles. The summed E-state index contributed by atoms with van der Waals surface area (Å²) < 4.78 is 34.1. The number of hydroxylamine groups is 1. The quantitative estimate of drug-likeness (QED) is 0.390. The second-order valence-corrected chi connectivity index (χ2v) is 9.16. The number of carbonyl (C=O) groups excluding carboxylic acids is 1. The maximum atomic E-state index is 13.6. The van der Waals surface area contributed by atoms with E-state index in [4.69, 9.17) is 4.42 Å². The van der Waals surface area contributed by atoms with Crippen molar-refractivity contribution in [2.45, 2.75) is 23.9 Å². The molecular formula is C22H18N2O5S. The summed E-state index contributed by atoms with van der Waals surface area (Å²) in [6.07, 6.45) is 0.179. The number of sulfonamides is 1. The normalized spacial score (nSPS) is 17.2. The molecule has 2 heterocycles. The summed E-state index contributed by atoms with van der Waals surface area (Å²) in [5, 5.41) is 10.7. The highest BCUT2D eigenvalue weighted by atomic mass is 32.2. The number of fused-ring (bicyclic) bond motifs is 4. The zero-order valence-electron chi connectivity index (χ0n) is 15.8. The molecule has 7 nitrogen and oxygen atoms in total. The largest absolute Gasteiger partial charge is 0.456 e. The Labute approximate surface area is 172 Å². The van der Waals surface area contributed by atoms with Crippen molar-refractivity contribution in [1.82, 2.24) is 9.79 Å². The fourth-order valence-electron chi connectivity index (χ4n) is 4.05. The number of hydrogen-bond donors (Lipinski definition) is 2. The SMILES string of the molecule is O=C(NO)[C@H]1Cc2ccccc2CN1S(=O)(=O)c1ccc2oc3ccccc3c2c1. The fraction of sp³-hybridized carbons (Fsp3) is 0.136. The van der Waals surface area contributed by atoms with Gasteiger partial charge in [-0.15, -0.1) is 0 Å². The van der Waals surface area contributed by atoms with Crippen LogP contribution in [0.2, 0.25) is 0 Å². The zero-order valence-corrected chi connectivity index (χ0v) is 16.6. The molecule has 0 aliphatic carbocycles. The van der Waals surface area contributed by atoms with Crippen LogP contribution in [0.4, 0.5) is 0 Å². The number of para-hydroxylation sites is 1. The Morgan fingerprint density at radius 3 is 2.47 bits per heavy atom. The lowest BCUT2D eigenvalue weighted by atomic mass is 9.95. The smallest absolute Gasteiger partial charge is 0.262 e. The maximum Gasteiger partial charge on any atom is 0.262 e. The maximum absolute atomic E-state index is 13.6. The fourth-order valence-corrected chi connectivity index (χ4v) is 5.64. The van der Waals surface area contributed by atoms with E-state index < -0.39 is 22.0 Å². The molecule has 8 heteroatoms. The van der Waals surface area contributed by atoms with Crippen LogP contribution in [0.1, 0.15) is 11.1 Å². The number of carbonyl (C=O) groups is 1. The summed E-state index contributed by atoms with van der Waals surface area (Å²) in [7, 11) is -4.03. The molecule has 1 aliphatic rings. The standard InChI is InChI=1S/C22H18N2O5S/c25-22(23-26)19-11-14-5-1-2-6-15(14)13-24(19)30(27,28)16-9-10-21-18(12-16)17-7-3-4-8-20(17)29-21/h1-10,12,19,26H,11,13H2,(H,23,25)/t19-/m1/s1. The number of benzene rings is 3. The third kappa shape index (κ3) is 2.88. The van der Waals surface area contributed by atoms with E-state index >= 15 is 0 Å². The predicted molar refractivity (Wildman–Crippen MR) is 110 cm³/mol. The molecule has 5 rings (SSSR count). The molecule has 1 atom stereocenters. The Kier molecular flexibility index (Phi) is 4.35. The molecule has 30 heavy (non-hydrogen) atoms. The molecule has 0 unspecified atom stereocenters. The average Bonchev–Trinajstić information content (AvgIpc) is 3.15. The summed E-state index contributed by atoms with van der Waals surface area (Å²) in [4.78, 5) is 12.4. The Balaban J connectivity index is 1.64. The first-order valence-electron chi connectivity index (χ1n) is 9.43. The topological polar surface area (TPSA) is 99.9 Å². The number of nitrogens with zero attached hydrogens (tertiary/aromatic N) is 1. The van der Waals surface area contributed by atoms with Crippen molar-refractivity contribution < 1.29 is 22.8 Å². The Morgan fingerprint density at radius 2 is 1.67 bits per heavy atom. The number of nitrogens with one attached hydrogen (secondary N) is 1. The van der Waals surface area contributed by atoms with Crippen LogP contribution in [0.25, 0.3) is 21.9 Å². The Hall–Kier alpha value is -3.20. The van der Waals surface area contributed by atoms with Crippen LogP contribution >= 0.6 is 0 Å². The van der Waals surface area contributed by atoms with Crippen LogP contribution in [-0.4, -0.2) is 29.9 Å². The summed E-state index contributed by atoms with van der Waals surface area (Å²) in [5.74, 6) is -0.761. The second-order valence-electron chi connectivity index (χ2n) is 7.27. The van der Waals surface area contributed by atoms with E-state index in [0.29, 0.717) is 16.6 Å². The van der Waals surface area contributed by atoms with Crippen molar-refractivity contribution in [1.29, 1.82) is 0 Å². The van der Waals surface area contributed by atoms with Crippen LogP contribution in [-0.2, 0) is 27.8 Å². The van der Waals surface area contributed by atoms with Gasteiger partial charge in [0.15, 0.2) is 0 Å². The molecule has 0 bridgehead atoms. The van der Waals surface area contributed by atoms with Crippen molar-refractivity contribution in [2.24, 2.45) is 0 Å². The Morgan fingerprint density at radius 1 is 0.967 bits per heavy atom. The van der Waals surface area contributed by atoms with Crippen LogP contribution in [0.5, 0.6) is 0 Å². The van der Waals surface area contributed by atoms with Crippen molar-refractivity contribution in [3.63, 3.8) is 0 Å². The molecule has 1 aromatic heterocycles. The molecule has 152 valence electrons. The van der Waals surface area contributed by atoms with E-state index in [2.05, 4.69) is 0 Å². The van der Waals surface area contributed by atoms with Gasteiger partial charge >= 0.3 is 0 Å². The van der Waals surface area contributed by atoms with Gasteiger partial charge in [0, 0.05) is 17.3 Å². The van der Waals surface area contributed by atoms with Gasteiger partial charge in [-0.05, 0) is 41.8 Å². The van der Waals surface area contributed by atoms with Gasteiger partial charge in [-0.2, -0.15) is 4.31 Å². The van der Waals surface area contributed by atoms with Gasteiger partial charge in [0.05, 0.1) is 4.90 Å². The van der Waals surface area contributed by atoms with Crippen LogP contribution in [0.3, 0.4) is 0 Å². The van der Waals surface area contributed by atoms with E-state index in [0.717, 1.165) is 20.8 Å². The van der Waals surface area contributed by atoms with Gasteiger partial charge in [0.1, 0.15) is 17.2 Å². The lowest BCUT2D eigenvalue weighted by molar-refractivity contribution is -0.133. The van der Waals surface area contributed by atoms with Crippen molar-refractivity contribution in [3.05, 3.63) is 77.9 Å². The molecule has 1 aliphatic heterocycles. The highest BCUT2D eigenvalue weighted by Gasteiger charge is 2.39. The Bertz CT molecular complexity index is 1390. The molecule has 0 saturated heterocycles. The lowest BCUT2D eigenvalue weighted by Crippen LogP contribution is -2.51. The minimum atomic E-state index is -4.03. The van der Waals surface area contributed by atoms with Gasteiger partial charge in [0.2, 0.25) is 10.0 Å². The van der Waals surface area contributed by atoms with Gasteiger partial charge in [-0.25, -0.2) is 13.9 Å².